The van der Waals surface area contributed by atoms with Gasteiger partial charge in [-0.1, -0.05) is 11.6 Å². The molecule has 1 aliphatic rings. The first-order valence-corrected chi connectivity index (χ1v) is 5.98. The highest BCUT2D eigenvalue weighted by Crippen LogP contribution is 2.30. The van der Waals surface area contributed by atoms with E-state index in [0.29, 0.717) is 0 Å². The number of aliphatic hydroxyl groups is 1. The van der Waals surface area contributed by atoms with Crippen molar-refractivity contribution in [3.8, 4) is 0 Å². The molecule has 1 N–H and O–H groups in total. The molecule has 1 saturated carbocycles. The van der Waals surface area contributed by atoms with Gasteiger partial charge in [-0.3, -0.25) is 4.79 Å². The second kappa shape index (κ2) is 5.20. The SMILES string of the molecule is O=C(c1cc(F)c(F)cc1Cl)N(CCO)C1CC1. The lowest BCUT2D eigenvalue weighted by molar-refractivity contribution is 0.0707. The molecule has 0 bridgehead atoms. The van der Waals surface area contributed by atoms with Crippen molar-refractivity contribution >= 4 is 17.5 Å². The monoisotopic (exact) mass is 275 g/mol. The van der Waals surface area contributed by atoms with Crippen molar-refractivity contribution in [2.24, 2.45) is 0 Å². The number of aliphatic hydroxyl groups excluding tert-OH is 1. The fraction of sp³-hybridized carbons (Fsp3) is 0.417. The number of amides is 1. The summed E-state index contributed by atoms with van der Waals surface area (Å²) in [5, 5.41) is 8.79. The fourth-order valence-corrected chi connectivity index (χ4v) is 2.02. The molecule has 0 saturated heterocycles. The molecule has 1 aromatic carbocycles. The summed E-state index contributed by atoms with van der Waals surface area (Å²) in [7, 11) is 0. The van der Waals surface area contributed by atoms with E-state index in [1.54, 1.807) is 0 Å². The van der Waals surface area contributed by atoms with E-state index in [1.807, 2.05) is 0 Å². The number of halogens is 3. The second-order valence-corrected chi connectivity index (χ2v) is 4.61. The van der Waals surface area contributed by atoms with Gasteiger partial charge < -0.3 is 10.0 Å². The summed E-state index contributed by atoms with van der Waals surface area (Å²) in [5.41, 5.74) is -0.0732. The van der Waals surface area contributed by atoms with E-state index in [2.05, 4.69) is 0 Å². The lowest BCUT2D eigenvalue weighted by Crippen LogP contribution is -2.35. The Morgan fingerprint density at radius 1 is 1.39 bits per heavy atom. The Labute approximate surface area is 108 Å². The van der Waals surface area contributed by atoms with Crippen molar-refractivity contribution in [2.45, 2.75) is 18.9 Å². The molecule has 0 heterocycles. The van der Waals surface area contributed by atoms with E-state index >= 15 is 0 Å². The van der Waals surface area contributed by atoms with Crippen LogP contribution >= 0.6 is 11.6 Å². The summed E-state index contributed by atoms with van der Waals surface area (Å²) in [6, 6.07) is 1.65. The molecule has 18 heavy (non-hydrogen) atoms. The molecule has 2 rings (SSSR count). The molecule has 6 heteroatoms. The topological polar surface area (TPSA) is 40.5 Å². The van der Waals surface area contributed by atoms with E-state index in [-0.39, 0.29) is 29.8 Å². The van der Waals surface area contributed by atoms with Crippen LogP contribution in [0.3, 0.4) is 0 Å². The molecule has 0 radical (unpaired) electrons. The fourth-order valence-electron chi connectivity index (χ4n) is 1.79. The van der Waals surface area contributed by atoms with Crippen LogP contribution in [0.1, 0.15) is 23.2 Å². The number of carbonyl (C=O) groups is 1. The smallest absolute Gasteiger partial charge is 0.255 e. The van der Waals surface area contributed by atoms with Gasteiger partial charge in [-0.15, -0.1) is 0 Å². The Balaban J connectivity index is 2.29. The normalized spacial score (nSPS) is 14.7. The van der Waals surface area contributed by atoms with Gasteiger partial charge in [-0.2, -0.15) is 0 Å². The minimum Gasteiger partial charge on any atom is -0.395 e. The molecular formula is C12H12ClF2NO2. The van der Waals surface area contributed by atoms with Gasteiger partial charge in [0.25, 0.3) is 5.91 Å². The first-order valence-electron chi connectivity index (χ1n) is 5.61. The quantitative estimate of drug-likeness (QED) is 0.856. The number of hydrogen-bond acceptors (Lipinski definition) is 2. The highest BCUT2D eigenvalue weighted by molar-refractivity contribution is 6.33. The molecule has 0 unspecified atom stereocenters. The molecule has 1 aliphatic carbocycles. The van der Waals surface area contributed by atoms with E-state index in [4.69, 9.17) is 16.7 Å². The van der Waals surface area contributed by atoms with E-state index in [9.17, 15) is 13.6 Å². The Hall–Kier alpha value is -1.20. The van der Waals surface area contributed by atoms with Crippen LogP contribution < -0.4 is 0 Å². The summed E-state index contributed by atoms with van der Waals surface area (Å²) in [5.74, 6) is -2.67. The van der Waals surface area contributed by atoms with E-state index in [0.717, 1.165) is 25.0 Å². The van der Waals surface area contributed by atoms with Crippen molar-refractivity contribution in [1.29, 1.82) is 0 Å². The van der Waals surface area contributed by atoms with Gasteiger partial charge >= 0.3 is 0 Å². The molecule has 0 atom stereocenters. The maximum atomic E-state index is 13.1. The Morgan fingerprint density at radius 2 is 2.00 bits per heavy atom. The van der Waals surface area contributed by atoms with Crippen LogP contribution in [-0.2, 0) is 0 Å². The molecule has 1 aromatic rings. The Morgan fingerprint density at radius 3 is 2.56 bits per heavy atom. The summed E-state index contributed by atoms with van der Waals surface area (Å²) in [6.45, 7) is -0.0115. The van der Waals surface area contributed by atoms with Gasteiger partial charge in [0.2, 0.25) is 0 Å². The number of nitrogens with zero attached hydrogens (tertiary/aromatic N) is 1. The van der Waals surface area contributed by atoms with Crippen LogP contribution in [0.15, 0.2) is 12.1 Å². The average Bonchev–Trinajstić information content (AvgIpc) is 3.14. The molecule has 3 nitrogen and oxygen atoms in total. The predicted molar refractivity (Wildman–Crippen MR) is 62.5 cm³/mol. The zero-order chi connectivity index (χ0) is 13.3. The third kappa shape index (κ3) is 2.62. The summed E-state index contributed by atoms with van der Waals surface area (Å²) in [6.07, 6.45) is 1.71. The van der Waals surface area contributed by atoms with Crippen LogP contribution in [0.5, 0.6) is 0 Å². The van der Waals surface area contributed by atoms with Crippen LogP contribution in [0, 0.1) is 11.6 Å². The third-order valence-corrected chi connectivity index (χ3v) is 3.14. The highest BCUT2D eigenvalue weighted by Gasteiger charge is 2.33. The number of rotatable bonds is 4. The van der Waals surface area contributed by atoms with Gasteiger partial charge in [0, 0.05) is 12.6 Å². The first-order chi connectivity index (χ1) is 8.54. The van der Waals surface area contributed by atoms with E-state index in [1.165, 1.54) is 4.90 Å². The summed E-state index contributed by atoms with van der Waals surface area (Å²) >= 11 is 5.75. The third-order valence-electron chi connectivity index (χ3n) is 2.83. The van der Waals surface area contributed by atoms with Crippen molar-refractivity contribution in [1.82, 2.24) is 4.90 Å². The van der Waals surface area contributed by atoms with Crippen molar-refractivity contribution in [3.05, 3.63) is 34.4 Å². The van der Waals surface area contributed by atoms with Crippen molar-refractivity contribution < 1.29 is 18.7 Å². The predicted octanol–water partition coefficient (Wildman–Crippen LogP) is 2.22. The van der Waals surface area contributed by atoms with Crippen molar-refractivity contribution in [2.75, 3.05) is 13.2 Å². The van der Waals surface area contributed by atoms with Crippen LogP contribution in [0.25, 0.3) is 0 Å². The van der Waals surface area contributed by atoms with Gasteiger partial charge in [0.05, 0.1) is 17.2 Å². The molecule has 0 spiro atoms. The lowest BCUT2D eigenvalue weighted by Gasteiger charge is -2.21. The van der Waals surface area contributed by atoms with Gasteiger partial charge in [0.15, 0.2) is 11.6 Å². The van der Waals surface area contributed by atoms with Crippen LogP contribution in [0.2, 0.25) is 5.02 Å². The molecule has 1 amide bonds. The molecule has 98 valence electrons. The first kappa shape index (κ1) is 13.2. The number of benzene rings is 1. The van der Waals surface area contributed by atoms with Gasteiger partial charge in [-0.05, 0) is 25.0 Å². The zero-order valence-corrected chi connectivity index (χ0v) is 10.3. The summed E-state index contributed by atoms with van der Waals surface area (Å²) in [4.78, 5) is 13.6. The molecule has 0 aliphatic heterocycles. The van der Waals surface area contributed by atoms with Crippen LogP contribution in [0.4, 0.5) is 8.78 Å². The Bertz CT molecular complexity index is 477. The van der Waals surface area contributed by atoms with Gasteiger partial charge in [-0.25, -0.2) is 8.78 Å². The van der Waals surface area contributed by atoms with E-state index < -0.39 is 17.5 Å². The molecule has 1 fully saturated rings. The maximum absolute atomic E-state index is 13.1. The largest absolute Gasteiger partial charge is 0.395 e. The lowest BCUT2D eigenvalue weighted by atomic mass is 10.1. The minimum atomic E-state index is -1.11. The number of carbonyl (C=O) groups excluding carboxylic acids is 1. The van der Waals surface area contributed by atoms with Crippen molar-refractivity contribution in [3.63, 3.8) is 0 Å². The highest BCUT2D eigenvalue weighted by atomic mass is 35.5. The molecular weight excluding hydrogens is 264 g/mol. The average molecular weight is 276 g/mol. The van der Waals surface area contributed by atoms with Crippen LogP contribution in [-0.4, -0.2) is 35.1 Å². The standard InChI is InChI=1S/C12H12ClF2NO2/c13-9-6-11(15)10(14)5-8(9)12(18)16(3-4-17)7-1-2-7/h5-7,17H,1-4H2. The molecule has 0 aromatic heterocycles. The zero-order valence-electron chi connectivity index (χ0n) is 9.50. The summed E-state index contributed by atoms with van der Waals surface area (Å²) < 4.78 is 26.1. The van der Waals surface area contributed by atoms with Gasteiger partial charge in [0.1, 0.15) is 0 Å². The maximum Gasteiger partial charge on any atom is 0.255 e. The number of hydrogen-bond donors (Lipinski definition) is 1. The Kier molecular flexibility index (Phi) is 3.82. The second-order valence-electron chi connectivity index (χ2n) is 4.20. The minimum absolute atomic E-state index is 0.0637.